The third kappa shape index (κ3) is 9.36. The van der Waals surface area contributed by atoms with Gasteiger partial charge in [-0.3, -0.25) is 9.59 Å². The summed E-state index contributed by atoms with van der Waals surface area (Å²) in [7, 11) is 2.58. The van der Waals surface area contributed by atoms with Crippen molar-refractivity contribution in [2.75, 3.05) is 27.3 Å². The SMILES string of the molecule is COC(=O)N[C@H](C(=O)N1C[C@H](C)C[C@H]1c1ncc(-c2ccc(C#Cc3ccc(-c4cnc([C@@H]5C[C@@H](C)CN5C(=O)[C@@H](NC(=O)OC)C(C)C)[nH]4)cc3)cc2)[nH]1)C(C)C. The number of nitrogens with one attached hydrogen (secondary N) is 4. The van der Waals surface area contributed by atoms with Gasteiger partial charge in [0.2, 0.25) is 11.8 Å². The zero-order valence-electron chi connectivity index (χ0n) is 34.5. The summed E-state index contributed by atoms with van der Waals surface area (Å²) < 4.78 is 9.53. The standard InChI is InChI=1S/C44H54N8O6/c1-25(2)37(49-43(55)57-7)41(53)51-23-27(5)19-35(51)39-45-21-33(47-39)31-15-11-29(12-16-31)9-10-30-13-17-32(18-14-30)34-22-46-40(48-34)36-20-28(6)24-52(36)42(54)38(26(3)4)50-44(56)58-8/h11-18,21-22,25-28,35-38H,19-20,23-24H2,1-8H3,(H,45,47)(H,46,48)(H,49,55)(H,50,56)/t27-,28-,35+,36+,37+,38+/m1/s1. The van der Waals surface area contributed by atoms with Crippen molar-refractivity contribution in [3.8, 4) is 34.4 Å². The number of imidazole rings is 2. The summed E-state index contributed by atoms with van der Waals surface area (Å²) in [4.78, 5) is 71.1. The van der Waals surface area contributed by atoms with Crippen LogP contribution in [0.2, 0.25) is 0 Å². The van der Waals surface area contributed by atoms with Crippen molar-refractivity contribution in [1.29, 1.82) is 0 Å². The van der Waals surface area contributed by atoms with E-state index in [0.717, 1.165) is 46.5 Å². The summed E-state index contributed by atoms with van der Waals surface area (Å²) in [5.74, 6) is 7.95. The second-order valence-electron chi connectivity index (χ2n) is 16.2. The molecule has 0 aliphatic carbocycles. The number of likely N-dealkylation sites (tertiary alicyclic amines) is 2. The van der Waals surface area contributed by atoms with Crippen molar-refractivity contribution in [2.45, 2.75) is 78.6 Å². The molecule has 4 heterocycles. The number of nitrogens with zero attached hydrogens (tertiary/aromatic N) is 4. The maximum absolute atomic E-state index is 13.6. The minimum Gasteiger partial charge on any atom is -0.453 e. The van der Waals surface area contributed by atoms with E-state index in [1.54, 1.807) is 12.4 Å². The molecular weight excluding hydrogens is 737 g/mol. The van der Waals surface area contributed by atoms with Gasteiger partial charge >= 0.3 is 12.2 Å². The fourth-order valence-electron chi connectivity index (χ4n) is 7.77. The number of hydrogen-bond donors (Lipinski definition) is 4. The van der Waals surface area contributed by atoms with E-state index in [1.165, 1.54) is 14.2 Å². The van der Waals surface area contributed by atoms with Crippen LogP contribution in [0.25, 0.3) is 22.5 Å². The third-order valence-corrected chi connectivity index (χ3v) is 10.9. The highest BCUT2D eigenvalue weighted by Gasteiger charge is 2.41. The molecule has 2 aliphatic rings. The van der Waals surface area contributed by atoms with Crippen LogP contribution in [0.5, 0.6) is 0 Å². The number of carbonyl (C=O) groups is 4. The van der Waals surface area contributed by atoms with Gasteiger partial charge in [0.05, 0.1) is 50.1 Å². The fraction of sp³-hybridized carbons (Fsp3) is 0.455. The number of aromatic nitrogens is 4. The van der Waals surface area contributed by atoms with E-state index >= 15 is 0 Å². The van der Waals surface area contributed by atoms with Crippen molar-refractivity contribution in [2.24, 2.45) is 23.7 Å². The highest BCUT2D eigenvalue weighted by Crippen LogP contribution is 2.37. The van der Waals surface area contributed by atoms with Crippen molar-refractivity contribution >= 4 is 24.0 Å². The minimum atomic E-state index is -0.702. The molecule has 6 rings (SSSR count). The predicted octanol–water partition coefficient (Wildman–Crippen LogP) is 6.45. The van der Waals surface area contributed by atoms with E-state index < -0.39 is 24.3 Å². The van der Waals surface area contributed by atoms with Gasteiger partial charge in [0.25, 0.3) is 0 Å². The quantitative estimate of drug-likeness (QED) is 0.133. The number of rotatable bonds is 10. The molecule has 0 bridgehead atoms. The minimum absolute atomic E-state index is 0.116. The van der Waals surface area contributed by atoms with Crippen LogP contribution in [0, 0.1) is 35.5 Å². The van der Waals surface area contributed by atoms with Crippen LogP contribution in [-0.2, 0) is 19.1 Å². The molecule has 14 heteroatoms. The Morgan fingerprint density at radius 1 is 0.655 bits per heavy atom. The van der Waals surface area contributed by atoms with Gasteiger partial charge in [-0.05, 0) is 71.9 Å². The first-order valence-corrected chi connectivity index (χ1v) is 19.9. The Bertz CT molecular complexity index is 2000. The summed E-state index contributed by atoms with van der Waals surface area (Å²) in [6.45, 7) is 13.0. The van der Waals surface area contributed by atoms with Crippen LogP contribution in [-0.4, -0.2) is 93.1 Å². The summed E-state index contributed by atoms with van der Waals surface area (Å²) in [6.07, 6.45) is 3.84. The summed E-state index contributed by atoms with van der Waals surface area (Å²) in [6, 6.07) is 14.0. The molecule has 4 N–H and O–H groups in total. The van der Waals surface area contributed by atoms with Crippen LogP contribution < -0.4 is 10.6 Å². The van der Waals surface area contributed by atoms with Gasteiger partial charge in [0.15, 0.2) is 0 Å². The van der Waals surface area contributed by atoms with Crippen molar-refractivity contribution < 1.29 is 28.7 Å². The molecule has 306 valence electrons. The van der Waals surface area contributed by atoms with Crippen LogP contribution in [0.1, 0.15) is 89.2 Å². The van der Waals surface area contributed by atoms with Crippen LogP contribution in [0.3, 0.4) is 0 Å². The molecule has 2 saturated heterocycles. The van der Waals surface area contributed by atoms with E-state index in [4.69, 9.17) is 9.47 Å². The van der Waals surface area contributed by atoms with Gasteiger partial charge in [-0.25, -0.2) is 19.6 Å². The second kappa shape index (κ2) is 18.0. The molecule has 4 amide bonds. The third-order valence-electron chi connectivity index (χ3n) is 10.9. The second-order valence-corrected chi connectivity index (χ2v) is 16.2. The number of aromatic amines is 2. The van der Waals surface area contributed by atoms with E-state index in [1.807, 2.05) is 86.0 Å². The van der Waals surface area contributed by atoms with Gasteiger partial charge in [0, 0.05) is 24.2 Å². The highest BCUT2D eigenvalue weighted by atomic mass is 16.5. The molecule has 0 unspecified atom stereocenters. The number of hydrogen-bond acceptors (Lipinski definition) is 8. The summed E-state index contributed by atoms with van der Waals surface area (Å²) in [5, 5.41) is 5.40. The van der Waals surface area contributed by atoms with Gasteiger partial charge in [-0.2, -0.15) is 0 Å². The van der Waals surface area contributed by atoms with Crippen LogP contribution in [0.4, 0.5) is 9.59 Å². The number of ether oxygens (including phenoxy) is 2. The largest absolute Gasteiger partial charge is 0.453 e. The van der Waals surface area contributed by atoms with Gasteiger partial charge in [-0.15, -0.1) is 0 Å². The summed E-state index contributed by atoms with van der Waals surface area (Å²) in [5.41, 5.74) is 5.28. The van der Waals surface area contributed by atoms with E-state index in [0.29, 0.717) is 24.7 Å². The Labute approximate surface area is 339 Å². The normalized spacial score (nSPS) is 20.0. The molecule has 0 saturated carbocycles. The van der Waals surface area contributed by atoms with E-state index in [-0.39, 0.29) is 47.6 Å². The fourth-order valence-corrected chi connectivity index (χ4v) is 7.77. The Morgan fingerprint density at radius 2 is 1.02 bits per heavy atom. The number of benzene rings is 2. The molecule has 0 spiro atoms. The monoisotopic (exact) mass is 790 g/mol. The lowest BCUT2D eigenvalue weighted by Crippen LogP contribution is -2.51. The van der Waals surface area contributed by atoms with Crippen LogP contribution in [0.15, 0.2) is 60.9 Å². The Hall–Kier alpha value is -6.10. The molecule has 2 aromatic heterocycles. The smallest absolute Gasteiger partial charge is 0.407 e. The average molecular weight is 791 g/mol. The van der Waals surface area contributed by atoms with Gasteiger partial charge in [-0.1, -0.05) is 77.6 Å². The van der Waals surface area contributed by atoms with Gasteiger partial charge < -0.3 is 39.9 Å². The lowest BCUT2D eigenvalue weighted by atomic mass is 10.0. The van der Waals surface area contributed by atoms with Crippen molar-refractivity contribution in [3.63, 3.8) is 0 Å². The molecule has 2 aromatic carbocycles. The first-order chi connectivity index (χ1) is 27.8. The van der Waals surface area contributed by atoms with Crippen LogP contribution >= 0.6 is 0 Å². The number of methoxy groups -OCH3 is 2. The van der Waals surface area contributed by atoms with E-state index in [2.05, 4.69) is 56.3 Å². The maximum atomic E-state index is 13.6. The molecule has 2 fully saturated rings. The zero-order chi connectivity index (χ0) is 41.7. The lowest BCUT2D eigenvalue weighted by molar-refractivity contribution is -0.136. The maximum Gasteiger partial charge on any atom is 0.407 e. The molecular formula is C44H54N8O6. The summed E-state index contributed by atoms with van der Waals surface area (Å²) >= 11 is 0. The molecule has 4 aromatic rings. The number of alkyl carbamates (subject to hydrolysis) is 2. The van der Waals surface area contributed by atoms with E-state index in [9.17, 15) is 19.2 Å². The number of carbonyl (C=O) groups excluding carboxylic acids is 4. The molecule has 0 radical (unpaired) electrons. The number of H-pyrrole nitrogens is 2. The molecule has 2 aliphatic heterocycles. The van der Waals surface area contributed by atoms with Crippen molar-refractivity contribution in [1.82, 2.24) is 40.4 Å². The lowest BCUT2D eigenvalue weighted by Gasteiger charge is -2.30. The Morgan fingerprint density at radius 3 is 1.34 bits per heavy atom. The van der Waals surface area contributed by atoms with Gasteiger partial charge in [0.1, 0.15) is 23.7 Å². The predicted molar refractivity (Wildman–Crippen MR) is 219 cm³/mol. The number of amides is 4. The molecule has 6 atom stereocenters. The Kier molecular flexibility index (Phi) is 12.9. The molecule has 58 heavy (non-hydrogen) atoms. The topological polar surface area (TPSA) is 175 Å². The molecule has 14 nitrogen and oxygen atoms in total. The highest BCUT2D eigenvalue weighted by molar-refractivity contribution is 5.87. The first-order valence-electron chi connectivity index (χ1n) is 19.9. The first kappa shape index (κ1) is 41.5. The Balaban J connectivity index is 1.09. The average Bonchev–Trinajstić information content (AvgIpc) is 4.04. The zero-order valence-corrected chi connectivity index (χ0v) is 34.5. The van der Waals surface area contributed by atoms with Crippen molar-refractivity contribution in [3.05, 3.63) is 83.7 Å².